The molecular weight excluding hydrogens is 282 g/mol. The molecule has 0 atom stereocenters. The van der Waals surface area contributed by atoms with Crippen LogP contribution < -0.4 is 5.32 Å². The van der Waals surface area contributed by atoms with Crippen molar-refractivity contribution >= 4 is 11.9 Å². The number of methoxy groups -OCH3 is 1. The van der Waals surface area contributed by atoms with Gasteiger partial charge >= 0.3 is 5.97 Å². The quantitative estimate of drug-likeness (QED) is 0.825. The first-order valence-electron chi connectivity index (χ1n) is 7.00. The molecule has 1 amide bonds. The van der Waals surface area contributed by atoms with Gasteiger partial charge in [0.25, 0.3) is 5.91 Å². The van der Waals surface area contributed by atoms with Crippen LogP contribution in [0.2, 0.25) is 0 Å². The highest BCUT2D eigenvalue weighted by atomic mass is 16.5. The molecule has 0 aliphatic carbocycles. The van der Waals surface area contributed by atoms with Crippen LogP contribution in [0.15, 0.2) is 24.4 Å². The maximum Gasteiger partial charge on any atom is 0.339 e. The smallest absolute Gasteiger partial charge is 0.339 e. The predicted molar refractivity (Wildman–Crippen MR) is 81.9 cm³/mol. The van der Waals surface area contributed by atoms with Gasteiger partial charge in [0.2, 0.25) is 0 Å². The molecule has 6 nitrogen and oxygen atoms in total. The lowest BCUT2D eigenvalue weighted by Crippen LogP contribution is -2.26. The Hall–Kier alpha value is -2.63. The molecule has 22 heavy (non-hydrogen) atoms. The van der Waals surface area contributed by atoms with E-state index in [2.05, 4.69) is 15.3 Å². The normalized spacial score (nSPS) is 10.3. The Morgan fingerprint density at radius 1 is 1.32 bits per heavy atom. The monoisotopic (exact) mass is 301 g/mol. The molecule has 0 saturated carbocycles. The van der Waals surface area contributed by atoms with Crippen molar-refractivity contribution < 1.29 is 14.3 Å². The molecular formula is C16H19N3O3. The van der Waals surface area contributed by atoms with Gasteiger partial charge < -0.3 is 15.0 Å². The lowest BCUT2D eigenvalue weighted by molar-refractivity contribution is 0.0599. The van der Waals surface area contributed by atoms with Crippen molar-refractivity contribution in [1.82, 2.24) is 15.3 Å². The van der Waals surface area contributed by atoms with Gasteiger partial charge in [0.1, 0.15) is 5.69 Å². The van der Waals surface area contributed by atoms with Crippen molar-refractivity contribution in [3.05, 3.63) is 52.6 Å². The molecule has 0 fully saturated rings. The van der Waals surface area contributed by atoms with Gasteiger partial charge in [0.15, 0.2) is 0 Å². The van der Waals surface area contributed by atoms with Gasteiger partial charge in [-0.25, -0.2) is 4.79 Å². The second-order valence-corrected chi connectivity index (χ2v) is 4.94. The molecule has 6 heteroatoms. The summed E-state index contributed by atoms with van der Waals surface area (Å²) in [7, 11) is 1.32. The lowest BCUT2D eigenvalue weighted by Gasteiger charge is -2.05. The highest BCUT2D eigenvalue weighted by Gasteiger charge is 2.22. The highest BCUT2D eigenvalue weighted by molar-refractivity contribution is 6.00. The topological polar surface area (TPSA) is 84.1 Å². The van der Waals surface area contributed by atoms with E-state index in [9.17, 15) is 9.59 Å². The number of rotatable bonds is 5. The van der Waals surface area contributed by atoms with Gasteiger partial charge in [-0.2, -0.15) is 0 Å². The van der Waals surface area contributed by atoms with Crippen molar-refractivity contribution in [3.63, 3.8) is 0 Å². The van der Waals surface area contributed by atoms with E-state index in [4.69, 9.17) is 4.74 Å². The minimum absolute atomic E-state index is 0.244. The third-order valence-electron chi connectivity index (χ3n) is 3.45. The Morgan fingerprint density at radius 2 is 2.09 bits per heavy atom. The standard InChI is InChI=1S/C16H19N3O3/c1-10-13(16(21)22-3)11(2)19-14(10)15(20)18-9-7-12-6-4-5-8-17-12/h4-6,8,19H,7,9H2,1-3H3,(H,18,20). The molecule has 0 aliphatic rings. The maximum atomic E-state index is 12.2. The molecule has 0 aliphatic heterocycles. The summed E-state index contributed by atoms with van der Waals surface area (Å²) in [5.74, 6) is -0.689. The number of amides is 1. The summed E-state index contributed by atoms with van der Waals surface area (Å²) in [4.78, 5) is 31.1. The first-order chi connectivity index (χ1) is 10.5. The molecule has 0 unspecified atom stereocenters. The number of nitrogens with zero attached hydrogens (tertiary/aromatic N) is 1. The summed E-state index contributed by atoms with van der Waals surface area (Å²) in [5, 5.41) is 2.82. The largest absolute Gasteiger partial charge is 0.465 e. The summed E-state index contributed by atoms with van der Waals surface area (Å²) >= 11 is 0. The first kappa shape index (κ1) is 15.8. The summed E-state index contributed by atoms with van der Waals surface area (Å²) in [5.41, 5.74) is 2.94. The number of pyridine rings is 1. The molecule has 0 bridgehead atoms. The van der Waals surface area contributed by atoms with Crippen LogP contribution in [0.25, 0.3) is 0 Å². The number of aromatic amines is 1. The number of H-pyrrole nitrogens is 1. The van der Waals surface area contributed by atoms with Crippen LogP contribution >= 0.6 is 0 Å². The molecule has 0 saturated heterocycles. The number of hydrogen-bond donors (Lipinski definition) is 2. The second kappa shape index (κ2) is 6.89. The van der Waals surface area contributed by atoms with E-state index in [0.29, 0.717) is 35.5 Å². The average Bonchev–Trinajstić information content (AvgIpc) is 2.82. The van der Waals surface area contributed by atoms with Crippen LogP contribution in [0.5, 0.6) is 0 Å². The fourth-order valence-corrected chi connectivity index (χ4v) is 2.32. The summed E-state index contributed by atoms with van der Waals surface area (Å²) in [6.07, 6.45) is 2.37. The second-order valence-electron chi connectivity index (χ2n) is 4.94. The van der Waals surface area contributed by atoms with E-state index in [-0.39, 0.29) is 5.91 Å². The van der Waals surface area contributed by atoms with Gasteiger partial charge in [-0.3, -0.25) is 9.78 Å². The Morgan fingerprint density at radius 3 is 2.73 bits per heavy atom. The third-order valence-corrected chi connectivity index (χ3v) is 3.45. The Balaban J connectivity index is 2.03. The fraction of sp³-hybridized carbons (Fsp3) is 0.312. The van der Waals surface area contributed by atoms with Crippen molar-refractivity contribution in [1.29, 1.82) is 0 Å². The molecule has 0 aromatic carbocycles. The number of ether oxygens (including phenoxy) is 1. The number of aryl methyl sites for hydroxylation is 1. The minimum Gasteiger partial charge on any atom is -0.465 e. The molecule has 2 rings (SSSR count). The van der Waals surface area contributed by atoms with E-state index < -0.39 is 5.97 Å². The molecule has 2 heterocycles. The molecule has 2 N–H and O–H groups in total. The minimum atomic E-state index is -0.446. The third kappa shape index (κ3) is 3.33. The zero-order valence-corrected chi connectivity index (χ0v) is 12.9. The lowest BCUT2D eigenvalue weighted by atomic mass is 10.1. The van der Waals surface area contributed by atoms with Crippen molar-refractivity contribution in [2.24, 2.45) is 0 Å². The van der Waals surface area contributed by atoms with Crippen LogP contribution in [-0.4, -0.2) is 35.5 Å². The number of carbonyl (C=O) groups excluding carboxylic acids is 2. The van der Waals surface area contributed by atoms with E-state index in [1.165, 1.54) is 7.11 Å². The van der Waals surface area contributed by atoms with Crippen LogP contribution in [0.1, 0.15) is 37.8 Å². The van der Waals surface area contributed by atoms with Crippen molar-refractivity contribution in [2.75, 3.05) is 13.7 Å². The van der Waals surface area contributed by atoms with Gasteiger partial charge in [0, 0.05) is 30.6 Å². The average molecular weight is 301 g/mol. The van der Waals surface area contributed by atoms with Gasteiger partial charge in [-0.05, 0) is 31.5 Å². The zero-order chi connectivity index (χ0) is 16.1. The predicted octanol–water partition coefficient (Wildman–Crippen LogP) is 1.79. The van der Waals surface area contributed by atoms with E-state index in [1.54, 1.807) is 20.0 Å². The summed E-state index contributed by atoms with van der Waals surface area (Å²) in [6.45, 7) is 3.94. The van der Waals surface area contributed by atoms with E-state index >= 15 is 0 Å². The first-order valence-corrected chi connectivity index (χ1v) is 7.00. The van der Waals surface area contributed by atoms with Crippen molar-refractivity contribution in [2.45, 2.75) is 20.3 Å². The summed E-state index contributed by atoms with van der Waals surface area (Å²) in [6, 6.07) is 5.66. The van der Waals surface area contributed by atoms with Gasteiger partial charge in [0.05, 0.1) is 12.7 Å². The molecule has 0 radical (unpaired) electrons. The van der Waals surface area contributed by atoms with E-state index in [1.807, 2.05) is 18.2 Å². The van der Waals surface area contributed by atoms with Crippen molar-refractivity contribution in [3.8, 4) is 0 Å². The Labute approximate surface area is 128 Å². The molecule has 116 valence electrons. The van der Waals surface area contributed by atoms with Crippen LogP contribution in [-0.2, 0) is 11.2 Å². The van der Waals surface area contributed by atoms with Crippen LogP contribution in [0.4, 0.5) is 0 Å². The SMILES string of the molecule is COC(=O)c1c(C)[nH]c(C(=O)NCCc2ccccn2)c1C. The zero-order valence-electron chi connectivity index (χ0n) is 12.9. The molecule has 2 aromatic heterocycles. The number of hydrogen-bond acceptors (Lipinski definition) is 4. The number of aromatic nitrogens is 2. The van der Waals surface area contributed by atoms with E-state index in [0.717, 1.165) is 5.69 Å². The van der Waals surface area contributed by atoms with Crippen LogP contribution in [0, 0.1) is 13.8 Å². The fourth-order valence-electron chi connectivity index (χ4n) is 2.32. The number of carbonyl (C=O) groups is 2. The van der Waals surface area contributed by atoms with Gasteiger partial charge in [-0.15, -0.1) is 0 Å². The number of nitrogens with one attached hydrogen (secondary N) is 2. The number of esters is 1. The van der Waals surface area contributed by atoms with Gasteiger partial charge in [-0.1, -0.05) is 6.07 Å². The Bertz CT molecular complexity index is 677. The maximum absolute atomic E-state index is 12.2. The summed E-state index contributed by atoms with van der Waals surface area (Å²) < 4.78 is 4.73. The molecule has 0 spiro atoms. The highest BCUT2D eigenvalue weighted by Crippen LogP contribution is 2.18. The molecule has 2 aromatic rings. The Kier molecular flexibility index (Phi) is 4.93. The van der Waals surface area contributed by atoms with Crippen LogP contribution in [0.3, 0.4) is 0 Å².